The van der Waals surface area contributed by atoms with Gasteiger partial charge >= 0.3 is 0 Å². The topological polar surface area (TPSA) is 63.8 Å². The number of furan rings is 1. The Kier molecular flexibility index (Phi) is 3.50. The average molecular weight is 248 g/mol. The maximum absolute atomic E-state index is 11.8. The third-order valence-corrected chi connectivity index (χ3v) is 2.72. The van der Waals surface area contributed by atoms with Crippen LogP contribution in [0.15, 0.2) is 33.5 Å². The Morgan fingerprint density at radius 1 is 1.44 bits per heavy atom. The number of hydrazone groups is 1. The first-order valence-corrected chi connectivity index (χ1v) is 5.80. The zero-order chi connectivity index (χ0) is 13.1. The highest BCUT2D eigenvalue weighted by molar-refractivity contribution is 5.83. The molecule has 1 aromatic heterocycles. The lowest BCUT2D eigenvalue weighted by Crippen LogP contribution is -2.31. The summed E-state index contributed by atoms with van der Waals surface area (Å²) >= 11 is 0. The molecular formula is C13H16N2O3. The number of amides is 1. The Bertz CT molecular complexity index is 502. The van der Waals surface area contributed by atoms with Gasteiger partial charge < -0.3 is 9.15 Å². The summed E-state index contributed by atoms with van der Waals surface area (Å²) in [5.74, 6) is 1.71. The van der Waals surface area contributed by atoms with Crippen molar-refractivity contribution in [2.24, 2.45) is 11.0 Å². The average Bonchev–Trinajstić information content (AvgIpc) is 2.85. The summed E-state index contributed by atoms with van der Waals surface area (Å²) in [7, 11) is 0. The lowest BCUT2D eigenvalue weighted by molar-refractivity contribution is -0.125. The minimum absolute atomic E-state index is 0.147. The van der Waals surface area contributed by atoms with Crippen molar-refractivity contribution < 1.29 is 13.9 Å². The Balaban J connectivity index is 1.90. The number of carbonyl (C=O) groups excluding carboxylic acids is 1. The van der Waals surface area contributed by atoms with Crippen molar-refractivity contribution in [3.05, 3.63) is 35.5 Å². The van der Waals surface area contributed by atoms with Crippen LogP contribution in [0, 0.1) is 12.8 Å². The van der Waals surface area contributed by atoms with Crippen molar-refractivity contribution in [3.8, 4) is 0 Å². The van der Waals surface area contributed by atoms with Gasteiger partial charge in [-0.2, -0.15) is 5.10 Å². The Labute approximate surface area is 106 Å². The predicted octanol–water partition coefficient (Wildman–Crippen LogP) is 1.98. The van der Waals surface area contributed by atoms with E-state index in [1.54, 1.807) is 12.1 Å². The standard InChI is InChI=1S/C13H16N2O3/c1-8-4-5-11(18-8)7-14-15-13(16)12-6-9(2)17-10(12)3/h4-7,10,12H,1-3H3,(H,15,16)/b14-7+. The van der Waals surface area contributed by atoms with Gasteiger partial charge in [-0.3, -0.25) is 4.79 Å². The van der Waals surface area contributed by atoms with Gasteiger partial charge in [-0.05, 0) is 39.0 Å². The molecule has 1 aliphatic heterocycles. The normalized spacial score (nSPS) is 22.9. The molecule has 2 rings (SSSR count). The molecule has 0 spiro atoms. The van der Waals surface area contributed by atoms with E-state index >= 15 is 0 Å². The Morgan fingerprint density at radius 3 is 2.78 bits per heavy atom. The van der Waals surface area contributed by atoms with Crippen LogP contribution in [0.1, 0.15) is 25.4 Å². The molecule has 0 aliphatic carbocycles. The van der Waals surface area contributed by atoms with Crippen molar-refractivity contribution in [2.45, 2.75) is 26.9 Å². The molecule has 0 aromatic carbocycles. The van der Waals surface area contributed by atoms with Crippen LogP contribution in [-0.2, 0) is 9.53 Å². The molecule has 96 valence electrons. The molecule has 5 heteroatoms. The first-order chi connectivity index (χ1) is 8.56. The fourth-order valence-electron chi connectivity index (χ4n) is 1.84. The van der Waals surface area contributed by atoms with E-state index in [0.717, 1.165) is 11.5 Å². The molecule has 2 atom stereocenters. The van der Waals surface area contributed by atoms with E-state index in [-0.39, 0.29) is 17.9 Å². The highest BCUT2D eigenvalue weighted by atomic mass is 16.5. The molecule has 1 amide bonds. The van der Waals surface area contributed by atoms with Gasteiger partial charge in [0.25, 0.3) is 5.91 Å². The zero-order valence-corrected chi connectivity index (χ0v) is 10.6. The monoisotopic (exact) mass is 248 g/mol. The van der Waals surface area contributed by atoms with Crippen LogP contribution in [0.4, 0.5) is 0 Å². The number of hydrogen-bond acceptors (Lipinski definition) is 4. The highest BCUT2D eigenvalue weighted by Gasteiger charge is 2.29. The van der Waals surface area contributed by atoms with Crippen molar-refractivity contribution in [1.82, 2.24) is 5.43 Å². The van der Waals surface area contributed by atoms with Crippen LogP contribution in [0.25, 0.3) is 0 Å². The summed E-state index contributed by atoms with van der Waals surface area (Å²) in [6, 6.07) is 3.62. The van der Waals surface area contributed by atoms with Gasteiger partial charge in [0.15, 0.2) is 0 Å². The van der Waals surface area contributed by atoms with Gasteiger partial charge in [0.2, 0.25) is 0 Å². The number of carbonyl (C=O) groups is 1. The number of nitrogens with zero attached hydrogens (tertiary/aromatic N) is 1. The summed E-state index contributed by atoms with van der Waals surface area (Å²) < 4.78 is 10.7. The first-order valence-electron chi connectivity index (χ1n) is 5.80. The van der Waals surface area contributed by atoms with Crippen molar-refractivity contribution in [1.29, 1.82) is 0 Å². The summed E-state index contributed by atoms with van der Waals surface area (Å²) in [5.41, 5.74) is 2.48. The molecule has 0 radical (unpaired) electrons. The molecule has 1 aromatic rings. The maximum atomic E-state index is 11.8. The van der Waals surface area contributed by atoms with Crippen LogP contribution < -0.4 is 5.43 Å². The van der Waals surface area contributed by atoms with E-state index in [1.807, 2.05) is 26.8 Å². The minimum atomic E-state index is -0.291. The molecule has 1 aliphatic rings. The first kappa shape index (κ1) is 12.4. The second kappa shape index (κ2) is 5.08. The van der Waals surface area contributed by atoms with E-state index in [1.165, 1.54) is 6.21 Å². The lowest BCUT2D eigenvalue weighted by Gasteiger charge is -2.12. The SMILES string of the molecule is CC1=CC(C(=O)N/N=C/c2ccc(C)o2)C(C)O1. The second-order valence-electron chi connectivity index (χ2n) is 4.31. The number of aryl methyl sites for hydroxylation is 1. The van der Waals surface area contributed by atoms with Gasteiger partial charge in [-0.1, -0.05) is 0 Å². The maximum Gasteiger partial charge on any atom is 0.250 e. The quantitative estimate of drug-likeness (QED) is 0.657. The van der Waals surface area contributed by atoms with Gasteiger partial charge in [-0.15, -0.1) is 0 Å². The molecule has 18 heavy (non-hydrogen) atoms. The smallest absolute Gasteiger partial charge is 0.250 e. The molecular weight excluding hydrogens is 232 g/mol. The molecule has 0 saturated heterocycles. The zero-order valence-electron chi connectivity index (χ0n) is 10.6. The lowest BCUT2D eigenvalue weighted by atomic mass is 10.0. The van der Waals surface area contributed by atoms with E-state index in [4.69, 9.17) is 9.15 Å². The molecule has 1 N–H and O–H groups in total. The van der Waals surface area contributed by atoms with E-state index < -0.39 is 0 Å². The second-order valence-corrected chi connectivity index (χ2v) is 4.31. The molecule has 0 fully saturated rings. The summed E-state index contributed by atoms with van der Waals surface area (Å²) in [6.45, 7) is 5.54. The Morgan fingerprint density at radius 2 is 2.22 bits per heavy atom. The summed E-state index contributed by atoms with van der Waals surface area (Å²) in [5, 5.41) is 3.86. The fourth-order valence-corrected chi connectivity index (χ4v) is 1.84. The minimum Gasteiger partial charge on any atom is -0.495 e. The van der Waals surface area contributed by atoms with Crippen molar-refractivity contribution in [2.75, 3.05) is 0 Å². The Hall–Kier alpha value is -2.04. The third kappa shape index (κ3) is 2.80. The van der Waals surface area contributed by atoms with E-state index in [0.29, 0.717) is 5.76 Å². The number of hydrogen-bond donors (Lipinski definition) is 1. The summed E-state index contributed by atoms with van der Waals surface area (Å²) in [6.07, 6.45) is 3.13. The number of nitrogens with one attached hydrogen (secondary N) is 1. The summed E-state index contributed by atoms with van der Waals surface area (Å²) in [4.78, 5) is 11.8. The van der Waals surface area contributed by atoms with Crippen molar-refractivity contribution in [3.63, 3.8) is 0 Å². The van der Waals surface area contributed by atoms with E-state index in [9.17, 15) is 4.79 Å². The van der Waals surface area contributed by atoms with Crippen LogP contribution >= 0.6 is 0 Å². The number of ether oxygens (including phenoxy) is 1. The van der Waals surface area contributed by atoms with Crippen LogP contribution in [-0.4, -0.2) is 18.2 Å². The van der Waals surface area contributed by atoms with Gasteiger partial charge in [0.05, 0.1) is 17.9 Å². The van der Waals surface area contributed by atoms with E-state index in [2.05, 4.69) is 10.5 Å². The fraction of sp³-hybridized carbons (Fsp3) is 0.385. The largest absolute Gasteiger partial charge is 0.495 e. The van der Waals surface area contributed by atoms with Crippen molar-refractivity contribution >= 4 is 12.1 Å². The highest BCUT2D eigenvalue weighted by Crippen LogP contribution is 2.22. The molecule has 0 saturated carbocycles. The molecule has 0 bridgehead atoms. The molecule has 2 unspecified atom stereocenters. The van der Waals surface area contributed by atoms with Crippen LogP contribution in [0.2, 0.25) is 0 Å². The molecule has 5 nitrogen and oxygen atoms in total. The van der Waals surface area contributed by atoms with Crippen LogP contribution in [0.3, 0.4) is 0 Å². The number of rotatable bonds is 3. The van der Waals surface area contributed by atoms with Crippen LogP contribution in [0.5, 0.6) is 0 Å². The van der Waals surface area contributed by atoms with Gasteiger partial charge in [0, 0.05) is 0 Å². The van der Waals surface area contributed by atoms with Gasteiger partial charge in [0.1, 0.15) is 17.6 Å². The van der Waals surface area contributed by atoms with Gasteiger partial charge in [-0.25, -0.2) is 5.43 Å². The number of allylic oxidation sites excluding steroid dienone is 1. The molecule has 2 heterocycles. The third-order valence-electron chi connectivity index (χ3n) is 2.72. The predicted molar refractivity (Wildman–Crippen MR) is 67.0 cm³/mol.